The van der Waals surface area contributed by atoms with Crippen molar-refractivity contribution >= 4 is 29.9 Å². The number of ether oxygens (including phenoxy) is 4. The minimum absolute atomic E-state index is 0.507. The van der Waals surface area contributed by atoms with Gasteiger partial charge in [0.15, 0.2) is 23.1 Å². The van der Waals surface area contributed by atoms with Crippen LogP contribution in [0.25, 0.3) is 0 Å². The van der Waals surface area contributed by atoms with Crippen LogP contribution < -0.4 is 0 Å². The first-order chi connectivity index (χ1) is 7.97. The largest absolute Gasteiger partial charge is 0.509 e. The Balaban J connectivity index is 2.09. The van der Waals surface area contributed by atoms with Crippen LogP contribution in [0.15, 0.2) is 0 Å². The van der Waals surface area contributed by atoms with Gasteiger partial charge in [-0.05, 0) is 0 Å². The molecule has 0 saturated carbocycles. The fourth-order valence-corrected chi connectivity index (χ4v) is 2.99. The van der Waals surface area contributed by atoms with Crippen LogP contribution in [0.1, 0.15) is 13.8 Å². The van der Waals surface area contributed by atoms with Crippen molar-refractivity contribution in [1.82, 2.24) is 0 Å². The summed E-state index contributed by atoms with van der Waals surface area (Å²) in [5, 5.41) is 0. The third kappa shape index (κ3) is 2.46. The predicted molar refractivity (Wildman–Crippen MR) is 53.8 cm³/mol. The highest BCUT2D eigenvalue weighted by atomic mass is 32.2. The highest BCUT2D eigenvalue weighted by Crippen LogP contribution is 2.42. The smallest absolute Gasteiger partial charge is 0.447 e. The molecule has 0 aromatic heterocycles. The van der Waals surface area contributed by atoms with E-state index in [1.807, 2.05) is 0 Å². The van der Waals surface area contributed by atoms with Crippen LogP contribution in [0.2, 0.25) is 0 Å². The Morgan fingerprint density at radius 2 is 1.47 bits per heavy atom. The van der Waals surface area contributed by atoms with Crippen LogP contribution in [0.5, 0.6) is 0 Å². The molecule has 0 spiro atoms. The number of fused-ring (bicyclic) bond motifs is 1. The average Bonchev–Trinajstić information content (AvgIpc) is 2.67. The van der Waals surface area contributed by atoms with Gasteiger partial charge in [-0.3, -0.25) is 9.59 Å². The van der Waals surface area contributed by atoms with Crippen LogP contribution in [0.4, 0.5) is 4.79 Å². The Morgan fingerprint density at radius 1 is 1.06 bits per heavy atom. The topological polar surface area (TPSA) is 88.1 Å². The number of thioether (sulfide) groups is 1. The summed E-state index contributed by atoms with van der Waals surface area (Å²) in [6.45, 7) is 2.48. The summed E-state index contributed by atoms with van der Waals surface area (Å²) in [5.41, 5.74) is -1.43. The molecule has 0 radical (unpaired) electrons. The van der Waals surface area contributed by atoms with Crippen molar-refractivity contribution in [3.63, 3.8) is 0 Å². The number of rotatable bonds is 2. The summed E-state index contributed by atoms with van der Waals surface area (Å²) < 4.78 is 19.6. The average molecular weight is 262 g/mol. The molecule has 7 nitrogen and oxygen atoms in total. The Morgan fingerprint density at radius 3 is 1.82 bits per heavy atom. The zero-order valence-corrected chi connectivity index (χ0v) is 9.89. The molecule has 17 heavy (non-hydrogen) atoms. The molecule has 0 aromatic carbocycles. The molecule has 94 valence electrons. The normalized spacial score (nSPS) is 34.6. The Bertz CT molecular complexity index is 336. The standard InChI is InChI=1S/C9H10O7S/c1-3(10)13-7-5-6(16-9(12)15-5)8(17-7)14-4(2)11/h5-8H,1-2H3/t5-,6-,7-,8+/m0/s1. The van der Waals surface area contributed by atoms with E-state index in [9.17, 15) is 14.4 Å². The Labute approximate surface area is 101 Å². The lowest BCUT2D eigenvalue weighted by Gasteiger charge is -2.13. The summed E-state index contributed by atoms with van der Waals surface area (Å²) in [6.07, 6.45) is -2.32. The minimum atomic E-state index is -0.852. The lowest BCUT2D eigenvalue weighted by atomic mass is 10.2. The molecule has 8 heteroatoms. The molecule has 2 aliphatic heterocycles. The molecule has 0 aliphatic carbocycles. The second-order valence-corrected chi connectivity index (χ2v) is 4.71. The molecular formula is C9H10O7S. The Hall–Kier alpha value is -1.44. The van der Waals surface area contributed by atoms with E-state index in [0.717, 1.165) is 11.8 Å². The van der Waals surface area contributed by atoms with E-state index < -0.39 is 41.2 Å². The molecule has 0 aromatic rings. The first-order valence-electron chi connectivity index (χ1n) is 4.84. The van der Waals surface area contributed by atoms with Gasteiger partial charge in [0.05, 0.1) is 0 Å². The third-order valence-corrected chi connectivity index (χ3v) is 3.42. The molecular weight excluding hydrogens is 252 g/mol. The summed E-state index contributed by atoms with van der Waals surface area (Å²) in [5.74, 6) is -1.01. The lowest BCUT2D eigenvalue weighted by molar-refractivity contribution is -0.148. The van der Waals surface area contributed by atoms with E-state index in [2.05, 4.69) is 0 Å². The lowest BCUT2D eigenvalue weighted by Crippen LogP contribution is -2.32. The van der Waals surface area contributed by atoms with E-state index in [-0.39, 0.29) is 0 Å². The van der Waals surface area contributed by atoms with Crippen molar-refractivity contribution < 1.29 is 33.3 Å². The maximum Gasteiger partial charge on any atom is 0.509 e. The van der Waals surface area contributed by atoms with Crippen LogP contribution in [-0.4, -0.2) is 41.2 Å². The quantitative estimate of drug-likeness (QED) is 0.522. The zero-order valence-electron chi connectivity index (χ0n) is 9.08. The van der Waals surface area contributed by atoms with Gasteiger partial charge in [-0.2, -0.15) is 0 Å². The van der Waals surface area contributed by atoms with E-state index in [1.54, 1.807) is 0 Å². The van der Waals surface area contributed by atoms with Crippen molar-refractivity contribution in [3.8, 4) is 0 Å². The minimum Gasteiger partial charge on any atom is -0.447 e. The van der Waals surface area contributed by atoms with Gasteiger partial charge < -0.3 is 18.9 Å². The third-order valence-electron chi connectivity index (χ3n) is 2.16. The molecule has 2 fully saturated rings. The molecule has 0 N–H and O–H groups in total. The molecule has 2 saturated heterocycles. The first-order valence-corrected chi connectivity index (χ1v) is 5.79. The summed E-state index contributed by atoms with van der Waals surface area (Å²) in [7, 11) is 0. The molecule has 0 amide bonds. The molecule has 2 rings (SSSR count). The van der Waals surface area contributed by atoms with Gasteiger partial charge in [0.1, 0.15) is 0 Å². The van der Waals surface area contributed by atoms with Gasteiger partial charge in [-0.1, -0.05) is 11.8 Å². The highest BCUT2D eigenvalue weighted by molar-refractivity contribution is 8.00. The Kier molecular flexibility index (Phi) is 3.14. The van der Waals surface area contributed by atoms with Crippen LogP contribution in [-0.2, 0) is 28.5 Å². The molecule has 0 bridgehead atoms. The number of hydrogen-bond donors (Lipinski definition) is 0. The highest BCUT2D eigenvalue weighted by Gasteiger charge is 2.57. The number of esters is 2. The van der Waals surface area contributed by atoms with Gasteiger partial charge in [0.2, 0.25) is 0 Å². The maximum absolute atomic E-state index is 11.0. The maximum atomic E-state index is 11.0. The van der Waals surface area contributed by atoms with Gasteiger partial charge in [-0.25, -0.2) is 4.79 Å². The molecule has 0 unspecified atom stereocenters. The van der Waals surface area contributed by atoms with Gasteiger partial charge in [0.25, 0.3) is 0 Å². The van der Waals surface area contributed by atoms with Gasteiger partial charge in [-0.15, -0.1) is 0 Å². The van der Waals surface area contributed by atoms with Crippen molar-refractivity contribution in [2.75, 3.05) is 0 Å². The second kappa shape index (κ2) is 4.44. The molecule has 4 atom stereocenters. The fourth-order valence-electron chi connectivity index (χ4n) is 1.61. The number of carbonyl (C=O) groups is 3. The van der Waals surface area contributed by atoms with Crippen molar-refractivity contribution in [3.05, 3.63) is 0 Å². The van der Waals surface area contributed by atoms with Crippen LogP contribution in [0.3, 0.4) is 0 Å². The second-order valence-electron chi connectivity index (χ2n) is 3.51. The van der Waals surface area contributed by atoms with Crippen LogP contribution in [0, 0.1) is 0 Å². The van der Waals surface area contributed by atoms with E-state index in [1.165, 1.54) is 13.8 Å². The van der Waals surface area contributed by atoms with Crippen molar-refractivity contribution in [2.24, 2.45) is 0 Å². The molecule has 2 heterocycles. The van der Waals surface area contributed by atoms with E-state index in [4.69, 9.17) is 18.9 Å². The van der Waals surface area contributed by atoms with Crippen LogP contribution >= 0.6 is 11.8 Å². The number of carbonyl (C=O) groups excluding carboxylic acids is 3. The van der Waals surface area contributed by atoms with Gasteiger partial charge in [0, 0.05) is 13.8 Å². The summed E-state index contributed by atoms with van der Waals surface area (Å²) in [4.78, 5) is 32.7. The number of hydrogen-bond acceptors (Lipinski definition) is 8. The fraction of sp³-hybridized carbons (Fsp3) is 0.667. The predicted octanol–water partition coefficient (Wildman–Crippen LogP) is 0.416. The monoisotopic (exact) mass is 262 g/mol. The first kappa shape index (κ1) is 12.0. The van der Waals surface area contributed by atoms with E-state index in [0.29, 0.717) is 0 Å². The zero-order chi connectivity index (χ0) is 12.6. The van der Waals surface area contributed by atoms with E-state index >= 15 is 0 Å². The molecule has 2 aliphatic rings. The van der Waals surface area contributed by atoms with Crippen molar-refractivity contribution in [2.45, 2.75) is 36.9 Å². The van der Waals surface area contributed by atoms with Gasteiger partial charge >= 0.3 is 18.1 Å². The van der Waals surface area contributed by atoms with Crippen molar-refractivity contribution in [1.29, 1.82) is 0 Å². The summed E-state index contributed by atoms with van der Waals surface area (Å²) >= 11 is 1.07. The SMILES string of the molecule is CC(=O)O[C@@H]1S[C@H](OC(C)=O)[C@H]2OC(=O)O[C@@H]21. The summed E-state index contributed by atoms with van der Waals surface area (Å²) in [6, 6.07) is 0.